The molecule has 0 heterocycles. The predicted octanol–water partition coefficient (Wildman–Crippen LogP) is 2.47. The highest BCUT2D eigenvalue weighted by Gasteiger charge is 1.96. The molecule has 10 heavy (non-hydrogen) atoms. The van der Waals surface area contributed by atoms with Crippen molar-refractivity contribution in [3.8, 4) is 0 Å². The normalized spacial score (nSPS) is 13.1. The number of hydrogen-bond acceptors (Lipinski definition) is 0. The van der Waals surface area contributed by atoms with Crippen LogP contribution in [-0.4, -0.2) is 7.85 Å². The molecule has 0 saturated heterocycles. The lowest BCUT2D eigenvalue weighted by atomic mass is 9.99. The monoisotopic (exact) mass is 142 g/mol. The summed E-state index contributed by atoms with van der Waals surface area (Å²) in [5, 5.41) is 0. The summed E-state index contributed by atoms with van der Waals surface area (Å²) >= 11 is 0. The Balaban J connectivity index is 3.68. The van der Waals surface area contributed by atoms with Crippen LogP contribution in [0.25, 0.3) is 0 Å². The van der Waals surface area contributed by atoms with Gasteiger partial charge in [-0.1, -0.05) is 13.3 Å². The zero-order chi connectivity index (χ0) is 7.98. The van der Waals surface area contributed by atoms with Crippen LogP contribution in [0.4, 0.5) is 4.39 Å². The third kappa shape index (κ3) is 3.70. The van der Waals surface area contributed by atoms with Gasteiger partial charge in [-0.25, -0.2) is 4.39 Å². The molecule has 0 aliphatic heterocycles. The van der Waals surface area contributed by atoms with E-state index in [1.54, 1.807) is 0 Å². The fourth-order valence-corrected chi connectivity index (χ4v) is 0.879. The number of halogens is 1. The van der Waals surface area contributed by atoms with E-state index in [1.165, 1.54) is 0 Å². The molecule has 2 heteroatoms. The van der Waals surface area contributed by atoms with E-state index in [0.29, 0.717) is 6.32 Å². The minimum Gasteiger partial charge on any atom is -0.213 e. The summed E-state index contributed by atoms with van der Waals surface area (Å²) in [6.07, 6.45) is 3.74. The van der Waals surface area contributed by atoms with Gasteiger partial charge in [0.25, 0.3) is 0 Å². The third-order valence-electron chi connectivity index (χ3n) is 1.68. The van der Waals surface area contributed by atoms with Gasteiger partial charge < -0.3 is 0 Å². The number of hydrogen-bond donors (Lipinski definition) is 0. The van der Waals surface area contributed by atoms with Gasteiger partial charge in [0.1, 0.15) is 7.85 Å². The van der Waals surface area contributed by atoms with Crippen LogP contribution in [0.1, 0.15) is 33.1 Å². The molecule has 0 spiro atoms. The largest absolute Gasteiger partial charge is 0.213 e. The van der Waals surface area contributed by atoms with Gasteiger partial charge in [0.15, 0.2) is 0 Å². The maximum atomic E-state index is 12.7. The Morgan fingerprint density at radius 3 is 2.50 bits per heavy atom. The first-order chi connectivity index (χ1) is 4.72. The Bertz CT molecular complexity index is 118. The Morgan fingerprint density at radius 1 is 1.50 bits per heavy atom. The van der Waals surface area contributed by atoms with Crippen molar-refractivity contribution in [2.45, 2.75) is 39.4 Å². The smallest absolute Gasteiger partial charge is 0.110 e. The molecule has 0 aromatic heterocycles. The SMILES string of the molecule is BC/C(F)=C(/C)CCCC. The van der Waals surface area contributed by atoms with E-state index in [1.807, 2.05) is 14.8 Å². The molecule has 0 radical (unpaired) electrons. The van der Waals surface area contributed by atoms with E-state index in [0.717, 1.165) is 24.8 Å². The third-order valence-corrected chi connectivity index (χ3v) is 1.68. The van der Waals surface area contributed by atoms with E-state index >= 15 is 0 Å². The van der Waals surface area contributed by atoms with Crippen LogP contribution in [0.2, 0.25) is 6.32 Å². The standard InChI is InChI=1S/C8H16BF/c1-3-4-5-7(2)8(10)6-9/h3-6,9H2,1-2H3/b8-7+. The minimum atomic E-state index is 0.0773. The van der Waals surface area contributed by atoms with E-state index in [-0.39, 0.29) is 5.83 Å². The number of allylic oxidation sites excluding steroid dienone is 2. The topological polar surface area (TPSA) is 0 Å². The second-order valence-corrected chi connectivity index (χ2v) is 2.64. The lowest BCUT2D eigenvalue weighted by Crippen LogP contribution is -1.82. The predicted molar refractivity (Wildman–Crippen MR) is 46.7 cm³/mol. The molecule has 0 N–H and O–H groups in total. The van der Waals surface area contributed by atoms with Crippen molar-refractivity contribution in [3.63, 3.8) is 0 Å². The van der Waals surface area contributed by atoms with Crippen LogP contribution in [0.3, 0.4) is 0 Å². The van der Waals surface area contributed by atoms with Crippen molar-refractivity contribution in [2.24, 2.45) is 0 Å². The molecule has 0 aliphatic rings. The van der Waals surface area contributed by atoms with Gasteiger partial charge >= 0.3 is 0 Å². The van der Waals surface area contributed by atoms with E-state index in [4.69, 9.17) is 0 Å². The highest BCUT2D eigenvalue weighted by Crippen LogP contribution is 2.14. The lowest BCUT2D eigenvalue weighted by molar-refractivity contribution is 0.612. The summed E-state index contributed by atoms with van der Waals surface area (Å²) in [6.45, 7) is 4.01. The first kappa shape index (κ1) is 9.73. The second kappa shape index (κ2) is 5.51. The first-order valence-electron chi connectivity index (χ1n) is 4.06. The molecule has 0 atom stereocenters. The van der Waals surface area contributed by atoms with Crippen molar-refractivity contribution < 1.29 is 4.39 Å². The van der Waals surface area contributed by atoms with Crippen LogP contribution in [0.5, 0.6) is 0 Å². The van der Waals surface area contributed by atoms with E-state index < -0.39 is 0 Å². The molecular weight excluding hydrogens is 126 g/mol. The summed E-state index contributed by atoms with van der Waals surface area (Å²) in [7, 11) is 1.85. The Hall–Kier alpha value is -0.265. The molecule has 0 rings (SSSR count). The molecule has 0 saturated carbocycles. The van der Waals surface area contributed by atoms with Gasteiger partial charge in [-0.05, 0) is 31.7 Å². The van der Waals surface area contributed by atoms with Crippen molar-refractivity contribution in [2.75, 3.05) is 0 Å². The maximum absolute atomic E-state index is 12.7. The molecule has 0 aromatic carbocycles. The molecule has 0 unspecified atom stereocenters. The van der Waals surface area contributed by atoms with E-state index in [2.05, 4.69) is 6.92 Å². The van der Waals surface area contributed by atoms with Gasteiger partial charge in [0, 0.05) is 0 Å². The number of rotatable bonds is 4. The van der Waals surface area contributed by atoms with Gasteiger partial charge in [0.05, 0.1) is 5.83 Å². The molecule has 0 aromatic rings. The van der Waals surface area contributed by atoms with Gasteiger partial charge in [-0.2, -0.15) is 0 Å². The van der Waals surface area contributed by atoms with Crippen molar-refractivity contribution in [3.05, 3.63) is 11.4 Å². The average molecular weight is 142 g/mol. The Morgan fingerprint density at radius 2 is 2.10 bits per heavy atom. The van der Waals surface area contributed by atoms with Gasteiger partial charge in [0.2, 0.25) is 0 Å². The zero-order valence-electron chi connectivity index (χ0n) is 7.21. The molecule has 0 aliphatic carbocycles. The number of unbranched alkanes of at least 4 members (excludes halogenated alkanes) is 1. The average Bonchev–Trinajstić information content (AvgIpc) is 1.98. The van der Waals surface area contributed by atoms with E-state index in [9.17, 15) is 4.39 Å². The van der Waals surface area contributed by atoms with Gasteiger partial charge in [-0.15, -0.1) is 0 Å². The Kier molecular flexibility index (Phi) is 5.37. The molecule has 0 nitrogen and oxygen atoms in total. The fourth-order valence-electron chi connectivity index (χ4n) is 0.879. The molecule has 58 valence electrons. The van der Waals surface area contributed by atoms with Crippen LogP contribution < -0.4 is 0 Å². The molecular formula is C8H16BF. The summed E-state index contributed by atoms with van der Waals surface area (Å²) in [5.41, 5.74) is 0.935. The highest BCUT2D eigenvalue weighted by molar-refractivity contribution is 6.10. The van der Waals surface area contributed by atoms with Crippen LogP contribution in [0, 0.1) is 0 Å². The summed E-state index contributed by atoms with van der Waals surface area (Å²) < 4.78 is 12.7. The summed E-state index contributed by atoms with van der Waals surface area (Å²) in [5.74, 6) is 0.0773. The van der Waals surface area contributed by atoms with Gasteiger partial charge in [-0.3, -0.25) is 0 Å². The summed E-state index contributed by atoms with van der Waals surface area (Å²) in [4.78, 5) is 0. The molecule has 0 amide bonds. The van der Waals surface area contributed by atoms with Crippen LogP contribution in [0.15, 0.2) is 11.4 Å². The first-order valence-corrected chi connectivity index (χ1v) is 4.06. The molecule has 0 bridgehead atoms. The maximum Gasteiger partial charge on any atom is 0.110 e. The second-order valence-electron chi connectivity index (χ2n) is 2.64. The minimum absolute atomic E-state index is 0.0773. The van der Waals surface area contributed by atoms with Crippen LogP contribution in [-0.2, 0) is 0 Å². The summed E-state index contributed by atoms with van der Waals surface area (Å²) in [6, 6.07) is 0. The van der Waals surface area contributed by atoms with Crippen molar-refractivity contribution in [1.82, 2.24) is 0 Å². The van der Waals surface area contributed by atoms with Crippen molar-refractivity contribution in [1.29, 1.82) is 0 Å². The molecule has 0 fully saturated rings. The Labute approximate surface area is 63.9 Å². The lowest BCUT2D eigenvalue weighted by Gasteiger charge is -2.00. The zero-order valence-corrected chi connectivity index (χ0v) is 7.21. The van der Waals surface area contributed by atoms with Crippen molar-refractivity contribution >= 4 is 7.85 Å². The quantitative estimate of drug-likeness (QED) is 0.529. The van der Waals surface area contributed by atoms with Crippen LogP contribution >= 0.6 is 0 Å². The fraction of sp³-hybridized carbons (Fsp3) is 0.750. The highest BCUT2D eigenvalue weighted by atomic mass is 19.1.